The molecule has 0 aliphatic heterocycles. The van der Waals surface area contributed by atoms with E-state index >= 15 is 0 Å². The van der Waals surface area contributed by atoms with Crippen LogP contribution in [0, 0.1) is 6.92 Å². The Hall–Kier alpha value is -2.69. The summed E-state index contributed by atoms with van der Waals surface area (Å²) >= 11 is 0. The highest BCUT2D eigenvalue weighted by molar-refractivity contribution is 5.93. The Bertz CT molecular complexity index is 758. The van der Waals surface area contributed by atoms with Crippen molar-refractivity contribution in [3.8, 4) is 0 Å². The lowest BCUT2D eigenvalue weighted by Crippen LogP contribution is -2.34. The minimum atomic E-state index is -0.151. The van der Waals surface area contributed by atoms with Crippen LogP contribution in [0.1, 0.15) is 43.5 Å². The smallest absolute Gasteiger partial charge is 0.224 e. The molecule has 5 heteroatoms. The lowest BCUT2D eigenvalue weighted by molar-refractivity contribution is -0.124. The van der Waals surface area contributed by atoms with Gasteiger partial charge in [0, 0.05) is 42.9 Å². The van der Waals surface area contributed by atoms with Crippen LogP contribution in [0.15, 0.2) is 42.6 Å². The molecule has 138 valence electrons. The van der Waals surface area contributed by atoms with Crippen molar-refractivity contribution in [1.29, 1.82) is 0 Å². The topological polar surface area (TPSA) is 71.1 Å². The molecule has 1 heterocycles. The molecule has 0 saturated heterocycles. The first-order valence-electron chi connectivity index (χ1n) is 9.06. The highest BCUT2D eigenvalue weighted by atomic mass is 16.2. The first-order chi connectivity index (χ1) is 12.5. The Morgan fingerprint density at radius 3 is 2.62 bits per heavy atom. The van der Waals surface area contributed by atoms with Crippen molar-refractivity contribution in [1.82, 2.24) is 10.3 Å². The number of nitrogens with zero attached hydrogens (tertiary/aromatic N) is 1. The monoisotopic (exact) mass is 353 g/mol. The quantitative estimate of drug-likeness (QED) is 0.764. The second kappa shape index (κ2) is 9.70. The molecule has 2 amide bonds. The predicted molar refractivity (Wildman–Crippen MR) is 104 cm³/mol. The van der Waals surface area contributed by atoms with E-state index in [1.54, 1.807) is 6.20 Å². The summed E-state index contributed by atoms with van der Waals surface area (Å²) in [5.74, 6) is -0.273. The molecule has 2 rings (SSSR count). The lowest BCUT2D eigenvalue weighted by atomic mass is 10.1. The van der Waals surface area contributed by atoms with Crippen molar-refractivity contribution in [3.63, 3.8) is 0 Å². The van der Waals surface area contributed by atoms with Crippen LogP contribution in [0.5, 0.6) is 0 Å². The molecule has 1 aromatic heterocycles. The van der Waals surface area contributed by atoms with Gasteiger partial charge in [0.2, 0.25) is 11.8 Å². The fourth-order valence-corrected chi connectivity index (χ4v) is 2.74. The average molecular weight is 353 g/mol. The normalized spacial score (nSPS) is 11.7. The van der Waals surface area contributed by atoms with Crippen molar-refractivity contribution < 1.29 is 9.59 Å². The molecular formula is C21H27N3O2. The maximum Gasteiger partial charge on any atom is 0.224 e. The maximum atomic E-state index is 12.1. The Balaban J connectivity index is 1.75. The van der Waals surface area contributed by atoms with Crippen molar-refractivity contribution in [2.24, 2.45) is 0 Å². The van der Waals surface area contributed by atoms with E-state index in [0.29, 0.717) is 6.42 Å². The van der Waals surface area contributed by atoms with Crippen LogP contribution in [0.3, 0.4) is 0 Å². The Labute approximate surface area is 155 Å². The average Bonchev–Trinajstić information content (AvgIpc) is 2.62. The van der Waals surface area contributed by atoms with Crippen LogP contribution in [-0.2, 0) is 22.4 Å². The second-order valence-corrected chi connectivity index (χ2v) is 6.54. The van der Waals surface area contributed by atoms with Crippen LogP contribution in [0.25, 0.3) is 0 Å². The van der Waals surface area contributed by atoms with Crippen LogP contribution in [0.2, 0.25) is 0 Å². The van der Waals surface area contributed by atoms with Crippen molar-refractivity contribution >= 4 is 17.5 Å². The fraction of sp³-hybridized carbons (Fsp3) is 0.381. The summed E-state index contributed by atoms with van der Waals surface area (Å²) in [6, 6.07) is 11.6. The number of amides is 2. The molecule has 2 N–H and O–H groups in total. The molecule has 2 aromatic rings. The number of hydrogen-bond donors (Lipinski definition) is 2. The van der Waals surface area contributed by atoms with Gasteiger partial charge in [-0.3, -0.25) is 14.6 Å². The van der Waals surface area contributed by atoms with E-state index in [-0.39, 0.29) is 30.7 Å². The Kier molecular flexibility index (Phi) is 7.33. The summed E-state index contributed by atoms with van der Waals surface area (Å²) in [5.41, 5.74) is 4.03. The first-order valence-corrected chi connectivity index (χ1v) is 9.06. The molecule has 1 atom stereocenters. The summed E-state index contributed by atoms with van der Waals surface area (Å²) in [7, 11) is 0. The summed E-state index contributed by atoms with van der Waals surface area (Å²) in [5, 5.41) is 5.78. The van der Waals surface area contributed by atoms with Gasteiger partial charge in [-0.15, -0.1) is 0 Å². The van der Waals surface area contributed by atoms with E-state index in [0.717, 1.165) is 23.4 Å². The number of benzene rings is 1. The van der Waals surface area contributed by atoms with Gasteiger partial charge in [0.15, 0.2) is 0 Å². The fourth-order valence-electron chi connectivity index (χ4n) is 2.74. The third kappa shape index (κ3) is 6.31. The number of aryl methyl sites for hydroxylation is 2. The van der Waals surface area contributed by atoms with Crippen LogP contribution < -0.4 is 10.6 Å². The zero-order valence-electron chi connectivity index (χ0n) is 15.7. The van der Waals surface area contributed by atoms with E-state index in [4.69, 9.17) is 0 Å². The number of rotatable bonds is 8. The van der Waals surface area contributed by atoms with Crippen molar-refractivity contribution in [2.45, 2.75) is 52.5 Å². The van der Waals surface area contributed by atoms with Crippen molar-refractivity contribution in [2.75, 3.05) is 5.32 Å². The van der Waals surface area contributed by atoms with Crippen molar-refractivity contribution in [3.05, 3.63) is 59.4 Å². The summed E-state index contributed by atoms with van der Waals surface area (Å²) in [6.07, 6.45) is 3.69. The summed E-state index contributed by atoms with van der Waals surface area (Å²) < 4.78 is 0. The molecule has 0 fully saturated rings. The minimum Gasteiger partial charge on any atom is -0.353 e. The third-order valence-corrected chi connectivity index (χ3v) is 4.22. The highest BCUT2D eigenvalue weighted by Gasteiger charge is 2.12. The molecule has 0 aliphatic carbocycles. The first kappa shape index (κ1) is 19.6. The number of nitrogens with one attached hydrogen (secondary N) is 2. The SMILES string of the molecule is CCc1cccc(NC(=O)CCC(=O)N[C@H](C)Cc2ncccc2C)c1. The zero-order chi connectivity index (χ0) is 18.9. The molecule has 0 spiro atoms. The lowest BCUT2D eigenvalue weighted by Gasteiger charge is -2.14. The molecule has 0 saturated carbocycles. The molecule has 0 radical (unpaired) electrons. The molecule has 0 bridgehead atoms. The second-order valence-electron chi connectivity index (χ2n) is 6.54. The number of pyridine rings is 1. The largest absolute Gasteiger partial charge is 0.353 e. The highest BCUT2D eigenvalue weighted by Crippen LogP contribution is 2.12. The van der Waals surface area contributed by atoms with Gasteiger partial charge in [0.05, 0.1) is 0 Å². The molecule has 0 aliphatic rings. The Morgan fingerprint density at radius 2 is 1.88 bits per heavy atom. The van der Waals surface area contributed by atoms with Crippen LogP contribution >= 0.6 is 0 Å². The standard InChI is InChI=1S/C21H27N3O2/c1-4-17-8-5-9-18(14-17)24-21(26)11-10-20(25)23-16(3)13-19-15(2)7-6-12-22-19/h5-9,12,14,16H,4,10-11,13H2,1-3H3,(H,23,25)(H,24,26)/t16-/m1/s1. The van der Waals surface area contributed by atoms with Gasteiger partial charge in [-0.25, -0.2) is 0 Å². The summed E-state index contributed by atoms with van der Waals surface area (Å²) in [6.45, 7) is 6.02. The number of anilines is 1. The van der Waals surface area contributed by atoms with Gasteiger partial charge >= 0.3 is 0 Å². The van der Waals surface area contributed by atoms with Gasteiger partial charge in [-0.2, -0.15) is 0 Å². The number of carbonyl (C=O) groups excluding carboxylic acids is 2. The van der Waals surface area contributed by atoms with E-state index in [1.807, 2.05) is 50.2 Å². The number of carbonyl (C=O) groups is 2. The van der Waals surface area contributed by atoms with Crippen LogP contribution in [0.4, 0.5) is 5.69 Å². The Morgan fingerprint density at radius 1 is 1.12 bits per heavy atom. The predicted octanol–water partition coefficient (Wildman–Crippen LogP) is 3.42. The molecule has 26 heavy (non-hydrogen) atoms. The van der Waals surface area contributed by atoms with E-state index in [9.17, 15) is 9.59 Å². The minimum absolute atomic E-state index is 0.0274. The molecule has 0 unspecified atom stereocenters. The van der Waals surface area contributed by atoms with Gasteiger partial charge in [0.1, 0.15) is 0 Å². The van der Waals surface area contributed by atoms with Crippen LogP contribution in [-0.4, -0.2) is 22.8 Å². The van der Waals surface area contributed by atoms with E-state index < -0.39 is 0 Å². The van der Waals surface area contributed by atoms with Gasteiger partial charge in [-0.1, -0.05) is 25.1 Å². The van der Waals surface area contributed by atoms with Gasteiger partial charge in [0.25, 0.3) is 0 Å². The zero-order valence-corrected chi connectivity index (χ0v) is 15.7. The van der Waals surface area contributed by atoms with Gasteiger partial charge in [-0.05, 0) is 49.6 Å². The molecule has 1 aromatic carbocycles. The molecular weight excluding hydrogens is 326 g/mol. The maximum absolute atomic E-state index is 12.1. The van der Waals surface area contributed by atoms with Gasteiger partial charge < -0.3 is 10.6 Å². The molecule has 5 nitrogen and oxygen atoms in total. The number of hydrogen-bond acceptors (Lipinski definition) is 3. The van der Waals surface area contributed by atoms with E-state index in [2.05, 4.69) is 22.5 Å². The van der Waals surface area contributed by atoms with E-state index in [1.165, 1.54) is 5.56 Å². The summed E-state index contributed by atoms with van der Waals surface area (Å²) in [4.78, 5) is 28.5. The number of aromatic nitrogens is 1. The third-order valence-electron chi connectivity index (χ3n) is 4.22.